The molecule has 0 spiro atoms. The highest BCUT2D eigenvalue weighted by molar-refractivity contribution is 7.71. The third kappa shape index (κ3) is 1.34. The molecule has 0 radical (unpaired) electrons. The molecular formula is C8H10N4O3S. The van der Waals surface area contributed by atoms with Crippen LogP contribution in [0.15, 0.2) is 0 Å². The molecule has 0 aromatic carbocycles. The van der Waals surface area contributed by atoms with Crippen molar-refractivity contribution < 1.29 is 14.3 Å². The van der Waals surface area contributed by atoms with Crippen molar-refractivity contribution in [3.63, 3.8) is 0 Å². The summed E-state index contributed by atoms with van der Waals surface area (Å²) in [6, 6.07) is -0.201. The van der Waals surface area contributed by atoms with Crippen LogP contribution in [0.25, 0.3) is 0 Å². The van der Waals surface area contributed by atoms with E-state index in [4.69, 9.17) is 21.7 Å². The van der Waals surface area contributed by atoms with E-state index in [1.165, 1.54) is 4.68 Å². The number of aryl methyl sites for hydroxylation is 1. The summed E-state index contributed by atoms with van der Waals surface area (Å²) in [4.78, 5) is 11.6. The minimum atomic E-state index is -0.688. The monoisotopic (exact) mass is 242 g/mol. The molecule has 3 atom stereocenters. The number of ether oxygens (including phenoxy) is 2. The number of hydrogen-bond acceptors (Lipinski definition) is 6. The van der Waals surface area contributed by atoms with Gasteiger partial charge >= 0.3 is 0 Å². The van der Waals surface area contributed by atoms with Gasteiger partial charge in [-0.2, -0.15) is 0 Å². The molecule has 1 aromatic heterocycles. The van der Waals surface area contributed by atoms with Gasteiger partial charge in [-0.1, -0.05) is 0 Å². The molecule has 2 aliphatic heterocycles. The third-order valence-corrected chi connectivity index (χ3v) is 3.32. The Kier molecular flexibility index (Phi) is 2.16. The summed E-state index contributed by atoms with van der Waals surface area (Å²) in [6.45, 7) is 0.402. The topological polar surface area (TPSA) is 71.2 Å². The first-order valence-electron chi connectivity index (χ1n) is 4.95. The molecule has 3 heterocycles. The Bertz CT molecular complexity index is 496. The lowest BCUT2D eigenvalue weighted by Gasteiger charge is -2.25. The summed E-state index contributed by atoms with van der Waals surface area (Å²) in [5.74, 6) is -0.0636. The molecule has 8 heteroatoms. The highest BCUT2D eigenvalue weighted by Gasteiger charge is 2.44. The number of Topliss-reactive ketones (excluding diaryl/α,β-unsaturated/α-hetero) is 1. The number of nitrogens with zero attached hydrogens (tertiary/aromatic N) is 4. The SMILES string of the molecule is Cn1nnn([C@@H]2CC(=O)[C@H]3OC[C@@H]2O3)c1=S. The fourth-order valence-corrected chi connectivity index (χ4v) is 2.21. The molecule has 7 nitrogen and oxygen atoms in total. The van der Waals surface area contributed by atoms with Crippen LogP contribution in [0.5, 0.6) is 0 Å². The lowest BCUT2D eigenvalue weighted by Crippen LogP contribution is -2.37. The number of aromatic nitrogens is 4. The van der Waals surface area contributed by atoms with E-state index in [9.17, 15) is 4.79 Å². The van der Waals surface area contributed by atoms with Gasteiger partial charge in [-0.3, -0.25) is 4.79 Å². The first kappa shape index (κ1) is 10.1. The van der Waals surface area contributed by atoms with E-state index in [-0.39, 0.29) is 17.9 Å². The summed E-state index contributed by atoms with van der Waals surface area (Å²) in [7, 11) is 1.71. The molecule has 2 saturated heterocycles. The minimum Gasteiger partial charge on any atom is -0.343 e. The lowest BCUT2D eigenvalue weighted by molar-refractivity contribution is -0.156. The number of tetrazole rings is 1. The molecule has 16 heavy (non-hydrogen) atoms. The summed E-state index contributed by atoms with van der Waals surface area (Å²) in [5, 5.41) is 7.74. The van der Waals surface area contributed by atoms with Crippen molar-refractivity contribution >= 4 is 18.0 Å². The summed E-state index contributed by atoms with van der Waals surface area (Å²) >= 11 is 5.15. The van der Waals surface area contributed by atoms with Crippen molar-refractivity contribution in [3.8, 4) is 0 Å². The second kappa shape index (κ2) is 3.44. The third-order valence-electron chi connectivity index (χ3n) is 2.87. The fraction of sp³-hybridized carbons (Fsp3) is 0.750. The molecule has 2 aliphatic rings. The fourth-order valence-electron chi connectivity index (χ4n) is 2.00. The van der Waals surface area contributed by atoms with Crippen LogP contribution in [0.3, 0.4) is 0 Å². The van der Waals surface area contributed by atoms with Crippen molar-refractivity contribution in [2.24, 2.45) is 7.05 Å². The van der Waals surface area contributed by atoms with Crippen LogP contribution in [-0.2, 0) is 21.3 Å². The zero-order valence-electron chi connectivity index (χ0n) is 8.57. The van der Waals surface area contributed by atoms with E-state index in [1.54, 1.807) is 11.7 Å². The smallest absolute Gasteiger partial charge is 0.218 e. The number of ketones is 1. The van der Waals surface area contributed by atoms with Crippen LogP contribution in [0.2, 0.25) is 0 Å². The van der Waals surface area contributed by atoms with Crippen LogP contribution in [0.1, 0.15) is 12.5 Å². The van der Waals surface area contributed by atoms with Crippen LogP contribution >= 0.6 is 12.2 Å². The second-order valence-electron chi connectivity index (χ2n) is 3.91. The van der Waals surface area contributed by atoms with E-state index >= 15 is 0 Å². The molecule has 0 saturated carbocycles. The maximum atomic E-state index is 11.6. The zero-order chi connectivity index (χ0) is 11.3. The van der Waals surface area contributed by atoms with Gasteiger partial charge in [0.15, 0.2) is 5.78 Å². The molecule has 0 amide bonds. The van der Waals surface area contributed by atoms with E-state index in [0.29, 0.717) is 17.8 Å². The number of fused-ring (bicyclic) bond motifs is 2. The van der Waals surface area contributed by atoms with Crippen LogP contribution in [0.4, 0.5) is 0 Å². The summed E-state index contributed by atoms with van der Waals surface area (Å²) in [5.41, 5.74) is 0. The van der Waals surface area contributed by atoms with Gasteiger partial charge in [0.2, 0.25) is 11.1 Å². The molecule has 2 bridgehead atoms. The van der Waals surface area contributed by atoms with Gasteiger partial charge in [0, 0.05) is 13.5 Å². The van der Waals surface area contributed by atoms with Gasteiger partial charge in [-0.15, -0.1) is 0 Å². The zero-order valence-corrected chi connectivity index (χ0v) is 9.38. The number of hydrogen-bond donors (Lipinski definition) is 0. The first-order valence-corrected chi connectivity index (χ1v) is 5.36. The van der Waals surface area contributed by atoms with Crippen molar-refractivity contribution in [1.82, 2.24) is 19.8 Å². The highest BCUT2D eigenvalue weighted by atomic mass is 32.1. The minimum absolute atomic E-state index is 0.0636. The van der Waals surface area contributed by atoms with Crippen molar-refractivity contribution in [1.29, 1.82) is 0 Å². The molecule has 86 valence electrons. The predicted octanol–water partition coefficient (Wildman–Crippen LogP) is -0.399. The Morgan fingerprint density at radius 1 is 1.50 bits per heavy atom. The van der Waals surface area contributed by atoms with Crippen molar-refractivity contribution in [2.45, 2.75) is 24.9 Å². The number of carbonyl (C=O) groups is 1. The normalized spacial score (nSPS) is 33.3. The number of carbonyl (C=O) groups excluding carboxylic acids is 1. The quantitative estimate of drug-likeness (QED) is 0.624. The standard InChI is InChI=1S/C8H10N4O3S/c1-11-8(16)12(10-9-11)4-2-5(13)7-14-3-6(4)15-7/h4,6-7H,2-3H2,1H3/t4-,6+,7+/m1/s1. The summed E-state index contributed by atoms with van der Waals surface area (Å²) in [6.07, 6.45) is -0.513. The predicted molar refractivity (Wildman–Crippen MR) is 53.1 cm³/mol. The number of rotatable bonds is 1. The van der Waals surface area contributed by atoms with E-state index in [2.05, 4.69) is 10.4 Å². The molecule has 0 unspecified atom stereocenters. The second-order valence-corrected chi connectivity index (χ2v) is 4.27. The molecule has 3 rings (SSSR count). The van der Waals surface area contributed by atoms with Crippen LogP contribution in [-0.4, -0.2) is 44.6 Å². The molecule has 0 aliphatic carbocycles. The highest BCUT2D eigenvalue weighted by Crippen LogP contribution is 2.32. The van der Waals surface area contributed by atoms with Crippen LogP contribution < -0.4 is 0 Å². The Morgan fingerprint density at radius 3 is 3.00 bits per heavy atom. The van der Waals surface area contributed by atoms with Gasteiger partial charge < -0.3 is 9.47 Å². The Hall–Kier alpha value is -1.12. The van der Waals surface area contributed by atoms with E-state index in [1.807, 2.05) is 0 Å². The summed E-state index contributed by atoms with van der Waals surface area (Å²) < 4.78 is 14.2. The first-order chi connectivity index (χ1) is 7.66. The van der Waals surface area contributed by atoms with Gasteiger partial charge in [0.05, 0.1) is 12.6 Å². The average Bonchev–Trinajstić information content (AvgIpc) is 2.82. The average molecular weight is 242 g/mol. The van der Waals surface area contributed by atoms with Crippen LogP contribution in [0, 0.1) is 4.77 Å². The van der Waals surface area contributed by atoms with E-state index < -0.39 is 6.29 Å². The van der Waals surface area contributed by atoms with E-state index in [0.717, 1.165) is 0 Å². The maximum absolute atomic E-state index is 11.6. The van der Waals surface area contributed by atoms with Crippen molar-refractivity contribution in [3.05, 3.63) is 4.77 Å². The molecule has 1 aromatic rings. The Morgan fingerprint density at radius 2 is 2.31 bits per heavy atom. The Labute approximate surface area is 95.9 Å². The largest absolute Gasteiger partial charge is 0.343 e. The van der Waals surface area contributed by atoms with Gasteiger partial charge in [-0.25, -0.2) is 9.36 Å². The molecule has 2 fully saturated rings. The molecular weight excluding hydrogens is 232 g/mol. The molecule has 0 N–H and O–H groups in total. The van der Waals surface area contributed by atoms with Gasteiger partial charge in [-0.05, 0) is 22.6 Å². The van der Waals surface area contributed by atoms with Crippen molar-refractivity contribution in [2.75, 3.05) is 6.61 Å². The maximum Gasteiger partial charge on any atom is 0.218 e. The van der Waals surface area contributed by atoms with Gasteiger partial charge in [0.25, 0.3) is 0 Å². The van der Waals surface area contributed by atoms with Gasteiger partial charge in [0.1, 0.15) is 6.10 Å². The Balaban J connectivity index is 1.98. The lowest BCUT2D eigenvalue weighted by atomic mass is 10.0.